The Morgan fingerprint density at radius 3 is 2.06 bits per heavy atom. The van der Waals surface area contributed by atoms with Gasteiger partial charge in [0.15, 0.2) is 5.41 Å². The molecule has 2 N–H and O–H groups in total. The lowest BCUT2D eigenvalue weighted by Gasteiger charge is -2.42. The summed E-state index contributed by atoms with van der Waals surface area (Å²) in [5.74, 6) is -2.36. The van der Waals surface area contributed by atoms with E-state index < -0.39 is 17.4 Å². The Hall–Kier alpha value is -1.06. The van der Waals surface area contributed by atoms with E-state index in [1.165, 1.54) is 0 Å². The van der Waals surface area contributed by atoms with Gasteiger partial charge in [-0.1, -0.05) is 27.2 Å². The average Bonchev–Trinajstić information content (AvgIpc) is 2.15. The molecule has 0 bridgehead atoms. The molecule has 0 aromatic carbocycles. The van der Waals surface area contributed by atoms with E-state index in [9.17, 15) is 19.8 Å². The molecule has 4 heteroatoms. The van der Waals surface area contributed by atoms with E-state index in [2.05, 4.69) is 0 Å². The molecule has 1 aliphatic rings. The van der Waals surface area contributed by atoms with Crippen molar-refractivity contribution in [3.8, 4) is 0 Å². The van der Waals surface area contributed by atoms with E-state index >= 15 is 0 Å². The first-order valence-corrected chi connectivity index (χ1v) is 5.79. The molecule has 0 amide bonds. The molecule has 92 valence electrons. The lowest BCUT2D eigenvalue weighted by molar-refractivity contribution is -0.175. The summed E-state index contributed by atoms with van der Waals surface area (Å²) in [5.41, 5.74) is -1.58. The number of carboxylic acid groups (broad SMARTS) is 2. The van der Waals surface area contributed by atoms with Crippen molar-refractivity contribution in [1.82, 2.24) is 0 Å². The predicted octanol–water partition coefficient (Wildman–Crippen LogP) is 2.23. The van der Waals surface area contributed by atoms with Crippen LogP contribution in [-0.4, -0.2) is 22.2 Å². The van der Waals surface area contributed by atoms with E-state index in [0.29, 0.717) is 6.42 Å². The molecule has 1 rings (SSSR count). The van der Waals surface area contributed by atoms with Crippen LogP contribution in [0.4, 0.5) is 0 Å². The van der Waals surface area contributed by atoms with Crippen molar-refractivity contribution >= 4 is 11.9 Å². The second-order valence-corrected chi connectivity index (χ2v) is 5.32. The molecule has 1 aliphatic carbocycles. The van der Waals surface area contributed by atoms with Crippen LogP contribution < -0.4 is 0 Å². The lowest BCUT2D eigenvalue weighted by atomic mass is 9.60. The summed E-state index contributed by atoms with van der Waals surface area (Å²) < 4.78 is 0. The van der Waals surface area contributed by atoms with Crippen LogP contribution in [0.25, 0.3) is 0 Å². The number of rotatable bonds is 3. The number of carbonyl (C=O) groups is 2. The fraction of sp³-hybridized carbons (Fsp3) is 0.833. The van der Waals surface area contributed by atoms with Gasteiger partial charge in [-0.25, -0.2) is 0 Å². The molecule has 1 saturated carbocycles. The van der Waals surface area contributed by atoms with Gasteiger partial charge in [0, 0.05) is 0 Å². The second-order valence-electron chi connectivity index (χ2n) is 5.32. The molecule has 0 spiro atoms. The normalized spacial score (nSPS) is 29.0. The van der Waals surface area contributed by atoms with Gasteiger partial charge in [-0.15, -0.1) is 0 Å². The van der Waals surface area contributed by atoms with Crippen molar-refractivity contribution in [3.63, 3.8) is 0 Å². The van der Waals surface area contributed by atoms with Crippen LogP contribution in [0.5, 0.6) is 0 Å². The zero-order valence-corrected chi connectivity index (χ0v) is 10.1. The van der Waals surface area contributed by atoms with Crippen molar-refractivity contribution in [2.75, 3.05) is 0 Å². The standard InChI is InChI=1S/C12H20O4/c1-7(2)9-5-4-8(3)6-12(9,10(13)14)11(15)16/h7-9H,4-6H2,1-3H3,(H,13,14)(H,15,16). The highest BCUT2D eigenvalue weighted by Crippen LogP contribution is 2.47. The third-order valence-electron chi connectivity index (χ3n) is 3.84. The third-order valence-corrected chi connectivity index (χ3v) is 3.84. The molecule has 0 aromatic heterocycles. The topological polar surface area (TPSA) is 74.6 Å². The van der Waals surface area contributed by atoms with Crippen molar-refractivity contribution in [3.05, 3.63) is 0 Å². The van der Waals surface area contributed by atoms with E-state index in [-0.39, 0.29) is 24.2 Å². The number of hydrogen-bond donors (Lipinski definition) is 2. The highest BCUT2D eigenvalue weighted by molar-refractivity contribution is 5.98. The average molecular weight is 228 g/mol. The van der Waals surface area contributed by atoms with Gasteiger partial charge in [0.1, 0.15) is 0 Å². The van der Waals surface area contributed by atoms with Crippen LogP contribution in [0.15, 0.2) is 0 Å². The highest BCUT2D eigenvalue weighted by atomic mass is 16.4. The second kappa shape index (κ2) is 4.44. The lowest BCUT2D eigenvalue weighted by Crippen LogP contribution is -2.51. The predicted molar refractivity (Wildman–Crippen MR) is 59.0 cm³/mol. The molecule has 0 aliphatic heterocycles. The first-order valence-electron chi connectivity index (χ1n) is 5.79. The van der Waals surface area contributed by atoms with Gasteiger partial charge in [0.2, 0.25) is 0 Å². The number of carboxylic acids is 2. The van der Waals surface area contributed by atoms with E-state index in [1.54, 1.807) is 0 Å². The van der Waals surface area contributed by atoms with Crippen LogP contribution in [0, 0.1) is 23.2 Å². The number of aliphatic carboxylic acids is 2. The summed E-state index contributed by atoms with van der Waals surface area (Å²) in [6.07, 6.45) is 1.86. The molecule has 2 unspecified atom stereocenters. The van der Waals surface area contributed by atoms with Crippen molar-refractivity contribution in [2.45, 2.75) is 40.0 Å². The van der Waals surface area contributed by atoms with Crippen molar-refractivity contribution in [2.24, 2.45) is 23.2 Å². The zero-order valence-electron chi connectivity index (χ0n) is 10.1. The van der Waals surface area contributed by atoms with E-state index in [4.69, 9.17) is 0 Å². The quantitative estimate of drug-likeness (QED) is 0.726. The van der Waals surface area contributed by atoms with Crippen molar-refractivity contribution in [1.29, 1.82) is 0 Å². The maximum atomic E-state index is 11.4. The highest BCUT2D eigenvalue weighted by Gasteiger charge is 2.56. The zero-order chi connectivity index (χ0) is 12.5. The molecule has 1 fully saturated rings. The first-order chi connectivity index (χ1) is 7.32. The molecule has 0 radical (unpaired) electrons. The molecule has 0 aromatic rings. The molecule has 0 heterocycles. The molecular formula is C12H20O4. The summed E-state index contributed by atoms with van der Waals surface area (Å²) in [6, 6.07) is 0. The Balaban J connectivity index is 3.16. The minimum absolute atomic E-state index is 0.0831. The van der Waals surface area contributed by atoms with E-state index in [1.807, 2.05) is 20.8 Å². The smallest absolute Gasteiger partial charge is 0.321 e. The third kappa shape index (κ3) is 1.93. The Labute approximate surface area is 95.7 Å². The van der Waals surface area contributed by atoms with Crippen LogP contribution >= 0.6 is 0 Å². The summed E-state index contributed by atoms with van der Waals surface area (Å²) >= 11 is 0. The maximum Gasteiger partial charge on any atom is 0.321 e. The first kappa shape index (κ1) is 13.0. The minimum Gasteiger partial charge on any atom is -0.480 e. The Bertz CT molecular complexity index is 281. The van der Waals surface area contributed by atoms with Gasteiger partial charge >= 0.3 is 11.9 Å². The van der Waals surface area contributed by atoms with Crippen LogP contribution in [0.3, 0.4) is 0 Å². The Morgan fingerprint density at radius 2 is 1.69 bits per heavy atom. The van der Waals surface area contributed by atoms with E-state index in [0.717, 1.165) is 6.42 Å². The minimum atomic E-state index is -1.58. The summed E-state index contributed by atoms with van der Waals surface area (Å²) in [7, 11) is 0. The largest absolute Gasteiger partial charge is 0.480 e. The van der Waals surface area contributed by atoms with Crippen LogP contribution in [0.2, 0.25) is 0 Å². The fourth-order valence-corrected chi connectivity index (χ4v) is 3.00. The molecule has 2 atom stereocenters. The number of hydrogen-bond acceptors (Lipinski definition) is 2. The molecule has 0 saturated heterocycles. The molecule has 16 heavy (non-hydrogen) atoms. The van der Waals surface area contributed by atoms with Gasteiger partial charge in [0.25, 0.3) is 0 Å². The van der Waals surface area contributed by atoms with Gasteiger partial charge in [-0.05, 0) is 30.6 Å². The Kier molecular flexibility index (Phi) is 3.61. The van der Waals surface area contributed by atoms with Crippen molar-refractivity contribution < 1.29 is 19.8 Å². The Morgan fingerprint density at radius 1 is 1.19 bits per heavy atom. The summed E-state index contributed by atoms with van der Waals surface area (Å²) in [5, 5.41) is 18.6. The SMILES string of the molecule is CC1CCC(C(C)C)C(C(=O)O)(C(=O)O)C1. The maximum absolute atomic E-state index is 11.4. The van der Waals surface area contributed by atoms with Gasteiger partial charge in [0.05, 0.1) is 0 Å². The summed E-state index contributed by atoms with van der Waals surface area (Å²) in [4.78, 5) is 22.8. The van der Waals surface area contributed by atoms with Crippen LogP contribution in [-0.2, 0) is 9.59 Å². The van der Waals surface area contributed by atoms with Gasteiger partial charge in [-0.2, -0.15) is 0 Å². The fourth-order valence-electron chi connectivity index (χ4n) is 3.00. The molecule has 4 nitrogen and oxygen atoms in total. The molecular weight excluding hydrogens is 208 g/mol. The monoisotopic (exact) mass is 228 g/mol. The van der Waals surface area contributed by atoms with Crippen LogP contribution in [0.1, 0.15) is 40.0 Å². The van der Waals surface area contributed by atoms with Gasteiger partial charge < -0.3 is 10.2 Å². The van der Waals surface area contributed by atoms with Gasteiger partial charge in [-0.3, -0.25) is 9.59 Å². The summed E-state index contributed by atoms with van der Waals surface area (Å²) in [6.45, 7) is 5.74.